The molecule has 4 aromatic rings. The number of rotatable bonds is 16. The average molecular weight is 698 g/mol. The van der Waals surface area contributed by atoms with Crippen molar-refractivity contribution in [3.63, 3.8) is 0 Å². The first kappa shape index (κ1) is 36.6. The Hall–Kier alpha value is -4.68. The molecule has 1 aliphatic heterocycles. The third kappa shape index (κ3) is 10.7. The number of unbranched alkanes of at least 4 members (excludes halogenated alkanes) is 3. The number of aliphatic hydroxyl groups is 1. The Morgan fingerprint density at radius 3 is 2.20 bits per heavy atom. The summed E-state index contributed by atoms with van der Waals surface area (Å²) in [5.74, 6) is -0.642. The molecule has 4 aromatic carbocycles. The molecule has 6 N–H and O–H groups in total. The van der Waals surface area contributed by atoms with Crippen molar-refractivity contribution in [2.75, 3.05) is 22.1 Å². The fraction of sp³-hybridized carbons (Fsp3) is 0.308. The quantitative estimate of drug-likeness (QED) is 0.0449. The molecule has 3 atom stereocenters. The van der Waals surface area contributed by atoms with Crippen molar-refractivity contribution in [3.05, 3.63) is 119 Å². The van der Waals surface area contributed by atoms with Crippen LogP contribution in [0.2, 0.25) is 0 Å². The molecular weight excluding hydrogens is 655 g/mol. The summed E-state index contributed by atoms with van der Waals surface area (Å²) in [4.78, 5) is 37.5. The van der Waals surface area contributed by atoms with Crippen LogP contribution in [0.1, 0.15) is 84.4 Å². The van der Waals surface area contributed by atoms with Crippen LogP contribution in [0.25, 0.3) is 0 Å². The number of anilines is 3. The van der Waals surface area contributed by atoms with Gasteiger partial charge in [-0.05, 0) is 60.4 Å². The van der Waals surface area contributed by atoms with E-state index in [0.717, 1.165) is 36.0 Å². The van der Waals surface area contributed by atoms with Gasteiger partial charge in [0.2, 0.25) is 11.8 Å². The fourth-order valence-corrected chi connectivity index (χ4v) is 6.78. The van der Waals surface area contributed by atoms with Crippen molar-refractivity contribution >= 4 is 46.6 Å². The van der Waals surface area contributed by atoms with Crippen LogP contribution in [0.15, 0.2) is 102 Å². The normalized spacial score (nSPS) is 17.2. The minimum atomic E-state index is -0.977. The minimum Gasteiger partial charge on any atom is -0.478 e. The molecule has 1 heterocycles. The third-order valence-electron chi connectivity index (χ3n) is 8.39. The number of para-hydroxylation sites is 2. The van der Waals surface area contributed by atoms with Gasteiger partial charge in [0.15, 0.2) is 6.29 Å². The maximum Gasteiger partial charge on any atom is 0.336 e. The topological polar surface area (TPSA) is 160 Å². The van der Waals surface area contributed by atoms with Crippen LogP contribution < -0.4 is 16.4 Å². The lowest BCUT2D eigenvalue weighted by atomic mass is 10.0. The molecule has 2 amide bonds. The lowest BCUT2D eigenvalue weighted by Gasteiger charge is -2.36. The highest BCUT2D eigenvalue weighted by Crippen LogP contribution is 2.40. The molecule has 1 fully saturated rings. The smallest absolute Gasteiger partial charge is 0.336 e. The number of hydrogen-bond acceptors (Lipinski definition) is 8. The van der Waals surface area contributed by atoms with Gasteiger partial charge in [-0.25, -0.2) is 4.79 Å². The van der Waals surface area contributed by atoms with Crippen LogP contribution in [0, 0.1) is 0 Å². The summed E-state index contributed by atoms with van der Waals surface area (Å²) in [6.07, 6.45) is 3.11. The molecule has 0 spiro atoms. The molecule has 262 valence electrons. The Bertz CT molecular complexity index is 1750. The maximum absolute atomic E-state index is 12.8. The summed E-state index contributed by atoms with van der Waals surface area (Å²) >= 11 is 1.43. The number of carboxylic acids is 1. The van der Waals surface area contributed by atoms with Gasteiger partial charge in [-0.1, -0.05) is 73.5 Å². The number of carboxylic acid groups (broad SMARTS) is 1. The van der Waals surface area contributed by atoms with Crippen molar-refractivity contribution in [1.82, 2.24) is 0 Å². The first-order valence-electron chi connectivity index (χ1n) is 16.8. The van der Waals surface area contributed by atoms with E-state index in [1.807, 2.05) is 66.7 Å². The molecular formula is C39H43N3O7S. The predicted molar refractivity (Wildman–Crippen MR) is 195 cm³/mol. The number of nitrogen functional groups attached to an aromatic ring is 1. The summed E-state index contributed by atoms with van der Waals surface area (Å²) in [7, 11) is 0. The highest BCUT2D eigenvalue weighted by Gasteiger charge is 2.32. The summed E-state index contributed by atoms with van der Waals surface area (Å²) < 4.78 is 12.9. The second-order valence-corrected chi connectivity index (χ2v) is 13.2. The highest BCUT2D eigenvalue weighted by molar-refractivity contribution is 7.99. The summed E-state index contributed by atoms with van der Waals surface area (Å²) in [6, 6.07) is 29.1. The van der Waals surface area contributed by atoms with Crippen molar-refractivity contribution in [3.8, 4) is 0 Å². The van der Waals surface area contributed by atoms with Crippen molar-refractivity contribution in [2.24, 2.45) is 0 Å². The van der Waals surface area contributed by atoms with E-state index in [0.29, 0.717) is 53.4 Å². The molecule has 0 aliphatic carbocycles. The molecule has 1 aliphatic rings. The van der Waals surface area contributed by atoms with Gasteiger partial charge >= 0.3 is 5.97 Å². The second-order valence-electron chi connectivity index (χ2n) is 12.2. The highest BCUT2D eigenvalue weighted by atomic mass is 32.2. The van der Waals surface area contributed by atoms with Gasteiger partial charge in [-0.3, -0.25) is 9.59 Å². The first-order chi connectivity index (χ1) is 24.3. The lowest BCUT2D eigenvalue weighted by Crippen LogP contribution is -2.31. The number of carbonyl (C=O) groups excluding carboxylic acids is 2. The van der Waals surface area contributed by atoms with Crippen molar-refractivity contribution in [2.45, 2.75) is 74.9 Å². The van der Waals surface area contributed by atoms with Gasteiger partial charge in [0.05, 0.1) is 35.8 Å². The molecule has 0 unspecified atom stereocenters. The van der Waals surface area contributed by atoms with Gasteiger partial charge in [-0.2, -0.15) is 0 Å². The zero-order chi connectivity index (χ0) is 35.3. The van der Waals surface area contributed by atoms with E-state index in [9.17, 15) is 24.6 Å². The molecule has 0 bridgehead atoms. The Morgan fingerprint density at radius 2 is 1.48 bits per heavy atom. The number of benzene rings is 4. The number of aliphatic hydroxyl groups excluding tert-OH is 1. The maximum atomic E-state index is 12.8. The lowest BCUT2D eigenvalue weighted by molar-refractivity contribution is -0.245. The van der Waals surface area contributed by atoms with E-state index < -0.39 is 12.3 Å². The zero-order valence-electron chi connectivity index (χ0n) is 27.8. The second kappa shape index (κ2) is 18.4. The number of carbonyl (C=O) groups is 3. The Balaban J connectivity index is 1.14. The van der Waals surface area contributed by atoms with Gasteiger partial charge in [-0.15, -0.1) is 11.8 Å². The van der Waals surface area contributed by atoms with Crippen molar-refractivity contribution < 1.29 is 34.1 Å². The molecule has 1 saturated heterocycles. The Labute approximate surface area is 296 Å². The van der Waals surface area contributed by atoms with Gasteiger partial charge < -0.3 is 36.1 Å². The number of amides is 2. The van der Waals surface area contributed by atoms with E-state index in [1.54, 1.807) is 30.3 Å². The summed E-state index contributed by atoms with van der Waals surface area (Å²) in [5.41, 5.74) is 10.4. The van der Waals surface area contributed by atoms with Crippen LogP contribution in [0.4, 0.5) is 17.1 Å². The number of ether oxygens (including phenoxy) is 2. The predicted octanol–water partition coefficient (Wildman–Crippen LogP) is 7.71. The Kier molecular flexibility index (Phi) is 13.4. The zero-order valence-corrected chi connectivity index (χ0v) is 28.6. The molecule has 10 nitrogen and oxygen atoms in total. The minimum absolute atomic E-state index is 0.0531. The van der Waals surface area contributed by atoms with E-state index in [1.165, 1.54) is 11.8 Å². The van der Waals surface area contributed by atoms with E-state index >= 15 is 0 Å². The standard InChI is InChI=1S/C39H43N3O7S/c40-32-13-6-7-14-33(32)42-37(45)17-4-2-1-3-16-36(44)41-29-11-9-10-28(22-29)39-48-30(25-50-35-15-8-5-12-31(35)38(46)47)23-34(49-39)27-20-18-26(24-43)19-21-27/h5-15,18-22,30,34,39,43H,1-4,16-17,23-25,40H2,(H,41,44)(H,42,45)(H,46,47)/t30-,34+,39+/m1/s1. The SMILES string of the molecule is Nc1ccccc1NC(=O)CCCCCCC(=O)Nc1cccc([C@H]2O[C@@H](CSc3ccccc3C(=O)O)C[C@@H](c3ccc(CO)cc3)O2)c1. The van der Waals surface area contributed by atoms with Crippen LogP contribution in [0.5, 0.6) is 0 Å². The number of nitrogens with two attached hydrogens (primary N) is 1. The number of nitrogens with one attached hydrogen (secondary N) is 2. The molecule has 11 heteroatoms. The van der Waals surface area contributed by atoms with Crippen LogP contribution in [-0.4, -0.2) is 39.9 Å². The Morgan fingerprint density at radius 1 is 0.780 bits per heavy atom. The number of thioether (sulfide) groups is 1. The van der Waals surface area contributed by atoms with Crippen LogP contribution in [-0.2, 0) is 25.7 Å². The van der Waals surface area contributed by atoms with E-state index in [-0.39, 0.29) is 36.2 Å². The van der Waals surface area contributed by atoms with Gasteiger partial charge in [0, 0.05) is 41.2 Å². The molecule has 50 heavy (non-hydrogen) atoms. The van der Waals surface area contributed by atoms with Gasteiger partial charge in [0.1, 0.15) is 0 Å². The van der Waals surface area contributed by atoms with Crippen molar-refractivity contribution in [1.29, 1.82) is 0 Å². The third-order valence-corrected chi connectivity index (χ3v) is 9.60. The molecule has 0 saturated carbocycles. The molecule has 5 rings (SSSR count). The summed E-state index contributed by atoms with van der Waals surface area (Å²) in [5, 5.41) is 25.0. The number of aromatic carboxylic acids is 1. The largest absolute Gasteiger partial charge is 0.478 e. The molecule has 0 aromatic heterocycles. The monoisotopic (exact) mass is 697 g/mol. The molecule has 0 radical (unpaired) electrons. The summed E-state index contributed by atoms with van der Waals surface area (Å²) in [6.45, 7) is -0.0531. The fourth-order valence-electron chi connectivity index (χ4n) is 5.71. The average Bonchev–Trinajstić information content (AvgIpc) is 3.13. The first-order valence-corrected chi connectivity index (χ1v) is 17.8. The van der Waals surface area contributed by atoms with Crippen LogP contribution in [0.3, 0.4) is 0 Å². The van der Waals surface area contributed by atoms with E-state index in [2.05, 4.69) is 10.6 Å². The number of hydrogen-bond donors (Lipinski definition) is 5. The van der Waals surface area contributed by atoms with Crippen LogP contribution >= 0.6 is 11.8 Å². The van der Waals surface area contributed by atoms with Gasteiger partial charge in [0.25, 0.3) is 0 Å². The van der Waals surface area contributed by atoms with E-state index in [4.69, 9.17) is 15.2 Å².